The van der Waals surface area contributed by atoms with Gasteiger partial charge in [0, 0.05) is 6.54 Å². The largest absolute Gasteiger partial charge is 0.490 e. The molecule has 0 atom stereocenters. The van der Waals surface area contributed by atoms with Gasteiger partial charge in [-0.15, -0.1) is 0 Å². The van der Waals surface area contributed by atoms with Crippen molar-refractivity contribution in [3.05, 3.63) is 23.7 Å². The van der Waals surface area contributed by atoms with Crippen molar-refractivity contribution < 1.29 is 9.15 Å². The van der Waals surface area contributed by atoms with Crippen LogP contribution in [0.15, 0.2) is 10.7 Å². The predicted octanol–water partition coefficient (Wildman–Crippen LogP) is 2.13. The van der Waals surface area contributed by atoms with E-state index in [0.29, 0.717) is 29.8 Å². The summed E-state index contributed by atoms with van der Waals surface area (Å²) in [5.41, 5.74) is 0.893. The summed E-state index contributed by atoms with van der Waals surface area (Å²) >= 11 is 0. The molecule has 0 spiro atoms. The summed E-state index contributed by atoms with van der Waals surface area (Å²) in [5, 5.41) is 6.27. The van der Waals surface area contributed by atoms with Crippen LogP contribution in [0.2, 0.25) is 0 Å². The molecule has 0 aliphatic carbocycles. The molecular weight excluding hydrogens is 258 g/mol. The van der Waals surface area contributed by atoms with E-state index in [-0.39, 0.29) is 0 Å². The lowest BCUT2D eigenvalue weighted by Gasteiger charge is -2.12. The maximum atomic E-state index is 5.51. The third-order valence-electron chi connectivity index (χ3n) is 2.83. The van der Waals surface area contributed by atoms with Crippen LogP contribution in [-0.4, -0.2) is 28.6 Å². The van der Waals surface area contributed by atoms with Crippen molar-refractivity contribution in [1.29, 1.82) is 0 Å². The van der Waals surface area contributed by atoms with Crippen LogP contribution in [-0.2, 0) is 6.54 Å². The molecule has 0 amide bonds. The minimum atomic E-state index is 0.438. The number of rotatable bonds is 6. The van der Waals surface area contributed by atoms with Gasteiger partial charge < -0.3 is 19.8 Å². The minimum Gasteiger partial charge on any atom is -0.490 e. The van der Waals surface area contributed by atoms with Gasteiger partial charge in [0.15, 0.2) is 11.6 Å². The fraction of sp³-hybridized carbons (Fsp3) is 0.462. The van der Waals surface area contributed by atoms with Crippen LogP contribution in [0.1, 0.15) is 24.3 Å². The predicted molar refractivity (Wildman–Crippen MR) is 76.1 cm³/mol. The molecule has 0 unspecified atom stereocenters. The minimum absolute atomic E-state index is 0.438. The number of ether oxygens (including phenoxy) is 1. The molecule has 2 heterocycles. The normalized spacial score (nSPS) is 10.4. The van der Waals surface area contributed by atoms with E-state index in [1.165, 1.54) is 6.33 Å². The highest BCUT2D eigenvalue weighted by atomic mass is 16.5. The van der Waals surface area contributed by atoms with E-state index >= 15 is 0 Å². The summed E-state index contributed by atoms with van der Waals surface area (Å²) in [6.45, 7) is 6.99. The van der Waals surface area contributed by atoms with Crippen molar-refractivity contribution in [2.24, 2.45) is 0 Å². The Bertz CT molecular complexity index is 563. The molecule has 0 radical (unpaired) electrons. The first-order valence-corrected chi connectivity index (χ1v) is 6.45. The molecule has 7 heteroatoms. The van der Waals surface area contributed by atoms with Crippen LogP contribution in [0.25, 0.3) is 0 Å². The molecular formula is C13H19N5O2. The van der Waals surface area contributed by atoms with Crippen LogP contribution < -0.4 is 15.4 Å². The molecule has 20 heavy (non-hydrogen) atoms. The molecule has 0 aliphatic rings. The van der Waals surface area contributed by atoms with Gasteiger partial charge in [-0.1, -0.05) is 0 Å². The summed E-state index contributed by atoms with van der Waals surface area (Å²) < 4.78 is 10.9. The molecule has 0 aliphatic heterocycles. The maximum Gasteiger partial charge on any atom is 0.213 e. The Balaban J connectivity index is 2.14. The highest BCUT2D eigenvalue weighted by Gasteiger charge is 2.12. The molecule has 0 saturated carbocycles. The molecule has 2 aromatic heterocycles. The molecule has 7 nitrogen and oxygen atoms in total. The monoisotopic (exact) mass is 277 g/mol. The van der Waals surface area contributed by atoms with E-state index in [4.69, 9.17) is 9.15 Å². The van der Waals surface area contributed by atoms with Gasteiger partial charge in [0.05, 0.1) is 19.3 Å². The van der Waals surface area contributed by atoms with Crippen molar-refractivity contribution in [2.45, 2.75) is 27.3 Å². The summed E-state index contributed by atoms with van der Waals surface area (Å²) in [6.07, 6.45) is 1.48. The van der Waals surface area contributed by atoms with Crippen molar-refractivity contribution in [3.63, 3.8) is 0 Å². The number of aryl methyl sites for hydroxylation is 2. The Morgan fingerprint density at radius 3 is 2.45 bits per heavy atom. The van der Waals surface area contributed by atoms with Crippen molar-refractivity contribution in [1.82, 2.24) is 15.0 Å². The van der Waals surface area contributed by atoms with Crippen LogP contribution in [0.4, 0.5) is 11.6 Å². The number of nitrogens with one attached hydrogen (secondary N) is 2. The van der Waals surface area contributed by atoms with Gasteiger partial charge >= 0.3 is 0 Å². The van der Waals surface area contributed by atoms with E-state index in [2.05, 4.69) is 25.6 Å². The van der Waals surface area contributed by atoms with Crippen molar-refractivity contribution >= 4 is 11.6 Å². The van der Waals surface area contributed by atoms with Crippen molar-refractivity contribution in [3.8, 4) is 5.75 Å². The molecule has 0 bridgehead atoms. The van der Waals surface area contributed by atoms with Crippen molar-refractivity contribution in [2.75, 3.05) is 24.3 Å². The smallest absolute Gasteiger partial charge is 0.213 e. The third-order valence-corrected chi connectivity index (χ3v) is 2.83. The van der Waals surface area contributed by atoms with Gasteiger partial charge in [0.2, 0.25) is 11.6 Å². The van der Waals surface area contributed by atoms with Gasteiger partial charge in [-0.05, 0) is 20.8 Å². The number of oxazole rings is 1. The van der Waals surface area contributed by atoms with Gasteiger partial charge in [-0.2, -0.15) is 0 Å². The first-order chi connectivity index (χ1) is 9.65. The number of nitrogens with zero attached hydrogens (tertiary/aromatic N) is 3. The highest BCUT2D eigenvalue weighted by molar-refractivity contribution is 5.63. The van der Waals surface area contributed by atoms with E-state index in [9.17, 15) is 0 Å². The Morgan fingerprint density at radius 1 is 1.20 bits per heavy atom. The van der Waals surface area contributed by atoms with E-state index in [0.717, 1.165) is 18.0 Å². The van der Waals surface area contributed by atoms with Gasteiger partial charge in [-0.25, -0.2) is 15.0 Å². The molecule has 0 fully saturated rings. The lowest BCUT2D eigenvalue weighted by molar-refractivity contribution is 0.414. The fourth-order valence-electron chi connectivity index (χ4n) is 1.76. The summed E-state index contributed by atoms with van der Waals surface area (Å²) in [6, 6.07) is 0. The van der Waals surface area contributed by atoms with Crippen LogP contribution >= 0.6 is 0 Å². The Labute approximate surface area is 117 Å². The third kappa shape index (κ3) is 2.98. The van der Waals surface area contributed by atoms with Gasteiger partial charge in [0.25, 0.3) is 0 Å². The van der Waals surface area contributed by atoms with Crippen LogP contribution in [0.5, 0.6) is 5.75 Å². The topological polar surface area (TPSA) is 85.1 Å². The Hall–Kier alpha value is -2.31. The average Bonchev–Trinajstić information content (AvgIpc) is 2.76. The second-order valence-electron chi connectivity index (χ2n) is 4.24. The molecule has 2 N–H and O–H groups in total. The quantitative estimate of drug-likeness (QED) is 0.836. The molecule has 108 valence electrons. The number of methoxy groups -OCH3 is 1. The highest BCUT2D eigenvalue weighted by Crippen LogP contribution is 2.29. The van der Waals surface area contributed by atoms with Gasteiger partial charge in [-0.3, -0.25) is 0 Å². The van der Waals surface area contributed by atoms with Gasteiger partial charge in [0.1, 0.15) is 12.1 Å². The zero-order valence-electron chi connectivity index (χ0n) is 12.1. The van der Waals surface area contributed by atoms with Crippen LogP contribution in [0.3, 0.4) is 0 Å². The van der Waals surface area contributed by atoms with E-state index in [1.54, 1.807) is 7.11 Å². The number of anilines is 2. The zero-order chi connectivity index (χ0) is 14.5. The number of hydrogen-bond donors (Lipinski definition) is 2. The van der Waals surface area contributed by atoms with E-state index < -0.39 is 0 Å². The Kier molecular flexibility index (Phi) is 4.39. The average molecular weight is 277 g/mol. The first kappa shape index (κ1) is 14.1. The van der Waals surface area contributed by atoms with E-state index in [1.807, 2.05) is 20.8 Å². The maximum absolute atomic E-state index is 5.51. The van der Waals surface area contributed by atoms with Crippen LogP contribution in [0, 0.1) is 13.8 Å². The number of hydrogen-bond acceptors (Lipinski definition) is 7. The SMILES string of the molecule is CCNc1ncnc(NCc2nc(C)c(C)o2)c1OC. The molecule has 0 aromatic carbocycles. The summed E-state index contributed by atoms with van der Waals surface area (Å²) in [7, 11) is 1.59. The molecule has 2 aromatic rings. The first-order valence-electron chi connectivity index (χ1n) is 6.45. The standard InChI is InChI=1S/C13H19N5O2/c1-5-14-12-11(19-4)13(17-7-16-12)15-6-10-18-8(2)9(3)20-10/h7H,5-6H2,1-4H3,(H2,14,15,16,17). The molecule has 2 rings (SSSR count). The molecule has 0 saturated heterocycles. The lowest BCUT2D eigenvalue weighted by atomic mass is 10.4. The second kappa shape index (κ2) is 6.23. The number of aromatic nitrogens is 3. The Morgan fingerprint density at radius 2 is 1.90 bits per heavy atom. The fourth-order valence-corrected chi connectivity index (χ4v) is 1.76. The summed E-state index contributed by atoms with van der Waals surface area (Å²) in [5.74, 6) is 3.28. The summed E-state index contributed by atoms with van der Waals surface area (Å²) in [4.78, 5) is 12.6. The second-order valence-corrected chi connectivity index (χ2v) is 4.24. The lowest BCUT2D eigenvalue weighted by Crippen LogP contribution is -2.08. The zero-order valence-corrected chi connectivity index (χ0v) is 12.1.